The molecule has 1 aliphatic heterocycles. The standard InChI is InChI=1S/C15H19O.3CH3.Sn/c1-3-14-11-12(2)16-15(14)10-9-13-7-5-4-6-8-13;;;;/h1,3-8,12,14-15H,9-11H2,2H3;3*1H3;/t12-,14+,15+;;;;/m0..../s1. The van der Waals surface area contributed by atoms with E-state index in [1.54, 1.807) is 0 Å². The Morgan fingerprint density at radius 3 is 2.55 bits per heavy atom. The van der Waals surface area contributed by atoms with Gasteiger partial charge in [0.1, 0.15) is 0 Å². The van der Waals surface area contributed by atoms with E-state index >= 15 is 0 Å². The molecule has 1 aromatic rings. The van der Waals surface area contributed by atoms with Gasteiger partial charge in [-0.1, -0.05) is 0 Å². The predicted octanol–water partition coefficient (Wildman–Crippen LogP) is 4.85. The molecule has 110 valence electrons. The van der Waals surface area contributed by atoms with Crippen molar-refractivity contribution in [1.82, 2.24) is 0 Å². The molecule has 20 heavy (non-hydrogen) atoms. The second-order valence-electron chi connectivity index (χ2n) is 7.13. The number of hydrogen-bond donors (Lipinski definition) is 0. The molecular weight excluding hydrogens is 351 g/mol. The van der Waals surface area contributed by atoms with Crippen molar-refractivity contribution in [1.29, 1.82) is 0 Å². The van der Waals surface area contributed by atoms with Crippen LogP contribution in [0.2, 0.25) is 14.8 Å². The zero-order valence-electron chi connectivity index (χ0n) is 13.3. The van der Waals surface area contributed by atoms with E-state index < -0.39 is 18.4 Å². The quantitative estimate of drug-likeness (QED) is 0.665. The van der Waals surface area contributed by atoms with Gasteiger partial charge in [-0.05, 0) is 0 Å². The number of hydrogen-bond acceptors (Lipinski definition) is 1. The molecule has 0 aliphatic carbocycles. The summed E-state index contributed by atoms with van der Waals surface area (Å²) in [4.78, 5) is 7.39. The number of benzene rings is 1. The van der Waals surface area contributed by atoms with Crippen LogP contribution in [0, 0.1) is 5.92 Å². The Morgan fingerprint density at radius 1 is 1.20 bits per heavy atom. The Bertz CT molecular complexity index is 432. The molecule has 2 rings (SSSR count). The first-order valence-corrected chi connectivity index (χ1v) is 18.0. The summed E-state index contributed by atoms with van der Waals surface area (Å²) in [5.41, 5.74) is 1.42. The molecule has 0 amide bonds. The van der Waals surface area contributed by atoms with Gasteiger partial charge in [0.15, 0.2) is 0 Å². The summed E-state index contributed by atoms with van der Waals surface area (Å²) >= 11 is -1.80. The summed E-state index contributed by atoms with van der Waals surface area (Å²) in [7, 11) is 0. The molecule has 3 atom stereocenters. The zero-order chi connectivity index (χ0) is 14.6. The minimum absolute atomic E-state index is 0.412. The third kappa shape index (κ3) is 5.25. The van der Waals surface area contributed by atoms with Crippen molar-refractivity contribution >= 4 is 18.4 Å². The van der Waals surface area contributed by atoms with Crippen LogP contribution in [0.4, 0.5) is 0 Å². The third-order valence-electron chi connectivity index (χ3n) is 3.89. The Kier molecular flexibility index (Phi) is 5.73. The van der Waals surface area contributed by atoms with E-state index in [1.165, 1.54) is 12.0 Å². The van der Waals surface area contributed by atoms with Crippen LogP contribution in [0.25, 0.3) is 0 Å². The fourth-order valence-electron chi connectivity index (χ4n) is 2.84. The molecule has 1 fully saturated rings. The number of rotatable bonds is 5. The molecule has 1 nitrogen and oxygen atoms in total. The molecule has 0 N–H and O–H groups in total. The van der Waals surface area contributed by atoms with Gasteiger partial charge in [0.25, 0.3) is 0 Å². The first-order valence-electron chi connectivity index (χ1n) is 7.83. The second kappa shape index (κ2) is 7.13. The van der Waals surface area contributed by atoms with Crippen LogP contribution in [0.5, 0.6) is 0 Å². The normalized spacial score (nSPS) is 27.3. The molecule has 0 spiro atoms. The summed E-state index contributed by atoms with van der Waals surface area (Å²) in [6.07, 6.45) is 6.77. The monoisotopic (exact) mass is 380 g/mol. The first kappa shape index (κ1) is 16.1. The van der Waals surface area contributed by atoms with Crippen molar-refractivity contribution in [3.05, 3.63) is 46.1 Å². The van der Waals surface area contributed by atoms with Crippen molar-refractivity contribution in [2.45, 2.75) is 53.2 Å². The molecule has 1 aromatic carbocycles. The van der Waals surface area contributed by atoms with Crippen molar-refractivity contribution in [2.75, 3.05) is 0 Å². The number of ether oxygens (including phenoxy) is 1. The van der Waals surface area contributed by atoms with Gasteiger partial charge < -0.3 is 0 Å². The fraction of sp³-hybridized carbons (Fsp3) is 0.556. The van der Waals surface area contributed by atoms with Crippen LogP contribution in [-0.2, 0) is 11.2 Å². The van der Waals surface area contributed by atoms with E-state index in [9.17, 15) is 0 Å². The molecule has 0 radical (unpaired) electrons. The summed E-state index contributed by atoms with van der Waals surface area (Å²) in [5.74, 6) is 0.629. The first-order chi connectivity index (χ1) is 9.44. The van der Waals surface area contributed by atoms with Crippen LogP contribution in [-0.4, -0.2) is 30.6 Å². The van der Waals surface area contributed by atoms with E-state index in [-0.39, 0.29) is 0 Å². The van der Waals surface area contributed by atoms with Crippen LogP contribution >= 0.6 is 0 Å². The van der Waals surface area contributed by atoms with Gasteiger partial charge in [-0.25, -0.2) is 0 Å². The van der Waals surface area contributed by atoms with Crippen LogP contribution < -0.4 is 0 Å². The van der Waals surface area contributed by atoms with Gasteiger partial charge in [0.2, 0.25) is 0 Å². The number of aryl methyl sites for hydroxylation is 1. The third-order valence-corrected chi connectivity index (χ3v) is 7.30. The van der Waals surface area contributed by atoms with Crippen LogP contribution in [0.1, 0.15) is 25.3 Å². The molecule has 1 saturated heterocycles. The van der Waals surface area contributed by atoms with E-state index in [4.69, 9.17) is 4.74 Å². The molecule has 1 heterocycles. The van der Waals surface area contributed by atoms with Crippen molar-refractivity contribution in [2.24, 2.45) is 5.92 Å². The fourth-order valence-corrected chi connectivity index (χ4v) is 5.19. The van der Waals surface area contributed by atoms with Gasteiger partial charge in [-0.15, -0.1) is 0 Å². The molecular formula is C18H28OSn. The molecule has 1 aliphatic rings. The van der Waals surface area contributed by atoms with Crippen LogP contribution in [0.3, 0.4) is 0 Å². The molecule has 0 saturated carbocycles. The maximum atomic E-state index is 6.13. The Hall–Kier alpha value is -0.281. The molecule has 0 aromatic heterocycles. The zero-order valence-corrected chi connectivity index (χ0v) is 16.2. The average molecular weight is 379 g/mol. The van der Waals surface area contributed by atoms with E-state index in [2.05, 4.69) is 62.2 Å². The van der Waals surface area contributed by atoms with Gasteiger partial charge in [0.05, 0.1) is 0 Å². The SMILES string of the molecule is C[C@H]1C[C@@H](/C=[CH]/[Sn]([CH3])([CH3])[CH3])[C@@H](CCc2ccccc2)O1. The Morgan fingerprint density at radius 2 is 1.90 bits per heavy atom. The van der Waals surface area contributed by atoms with Crippen molar-refractivity contribution in [3.8, 4) is 0 Å². The van der Waals surface area contributed by atoms with Gasteiger partial charge >= 0.3 is 128 Å². The summed E-state index contributed by atoms with van der Waals surface area (Å²) in [6, 6.07) is 10.8. The Balaban J connectivity index is 1.93. The Labute approximate surface area is 128 Å². The van der Waals surface area contributed by atoms with E-state index in [1.807, 2.05) is 0 Å². The van der Waals surface area contributed by atoms with E-state index in [0.29, 0.717) is 18.1 Å². The average Bonchev–Trinajstić information content (AvgIpc) is 2.75. The summed E-state index contributed by atoms with van der Waals surface area (Å²) in [6.45, 7) is 2.21. The summed E-state index contributed by atoms with van der Waals surface area (Å²) < 4.78 is 8.68. The second-order valence-corrected chi connectivity index (χ2v) is 21.6. The minimum atomic E-state index is -1.80. The maximum absolute atomic E-state index is 6.13. The van der Waals surface area contributed by atoms with Gasteiger partial charge in [-0.2, -0.15) is 0 Å². The molecule has 0 bridgehead atoms. The van der Waals surface area contributed by atoms with Crippen molar-refractivity contribution < 1.29 is 4.74 Å². The van der Waals surface area contributed by atoms with Crippen LogP contribution in [0.15, 0.2) is 40.5 Å². The molecule has 2 heteroatoms. The van der Waals surface area contributed by atoms with Gasteiger partial charge in [-0.3, -0.25) is 0 Å². The predicted molar refractivity (Wildman–Crippen MR) is 89.7 cm³/mol. The topological polar surface area (TPSA) is 9.23 Å². The van der Waals surface area contributed by atoms with Gasteiger partial charge in [0, 0.05) is 0 Å². The van der Waals surface area contributed by atoms with Crippen molar-refractivity contribution in [3.63, 3.8) is 0 Å². The van der Waals surface area contributed by atoms with E-state index in [0.717, 1.165) is 12.8 Å². The summed E-state index contributed by atoms with van der Waals surface area (Å²) in [5, 5.41) is 0. The molecule has 0 unspecified atom stereocenters.